The van der Waals surface area contributed by atoms with E-state index < -0.39 is 9.84 Å². The normalized spacial score (nSPS) is 24.1. The van der Waals surface area contributed by atoms with Crippen LogP contribution in [-0.2, 0) is 21.1 Å². The molecule has 2 saturated heterocycles. The third kappa shape index (κ3) is 4.23. The molecule has 29 heavy (non-hydrogen) atoms. The quantitative estimate of drug-likeness (QED) is 0.745. The average Bonchev–Trinajstić information content (AvgIpc) is 3.10. The molecule has 0 spiro atoms. The van der Waals surface area contributed by atoms with Gasteiger partial charge in [-0.15, -0.1) is 0 Å². The van der Waals surface area contributed by atoms with Gasteiger partial charge in [-0.1, -0.05) is 36.0 Å². The first-order valence-electron chi connectivity index (χ1n) is 9.31. The second kappa shape index (κ2) is 7.57. The number of thioether (sulfide) groups is 1. The van der Waals surface area contributed by atoms with Crippen molar-refractivity contribution >= 4 is 38.4 Å². The highest BCUT2D eigenvalue weighted by molar-refractivity contribution is 8.16. The third-order valence-electron chi connectivity index (χ3n) is 5.18. The van der Waals surface area contributed by atoms with E-state index in [0.29, 0.717) is 10.7 Å². The van der Waals surface area contributed by atoms with Gasteiger partial charge in [0, 0.05) is 10.9 Å². The number of fused-ring (bicyclic) bond motifs is 1. The predicted octanol–water partition coefficient (Wildman–Crippen LogP) is 3.29. The Bertz CT molecular complexity index is 1100. The summed E-state index contributed by atoms with van der Waals surface area (Å²) in [5, 5.41) is 0.396. The van der Waals surface area contributed by atoms with Gasteiger partial charge in [-0.25, -0.2) is 12.8 Å². The van der Waals surface area contributed by atoms with Crippen molar-refractivity contribution in [3.63, 3.8) is 0 Å². The minimum Gasteiger partial charge on any atom is -0.315 e. The maximum atomic E-state index is 13.1. The molecule has 152 valence electrons. The smallest absolute Gasteiger partial charge is 0.252 e. The molecule has 2 aliphatic heterocycles. The number of benzene rings is 2. The van der Waals surface area contributed by atoms with Gasteiger partial charge in [0.15, 0.2) is 15.0 Å². The van der Waals surface area contributed by atoms with Crippen LogP contribution in [0.1, 0.15) is 16.7 Å². The standard InChI is InChI=1S/C21H21FN2O3S2/c1-13-3-4-14(2)17(9-13)24-18-11-29(26,27)12-19(18)28-21(24)23-20(25)10-15-5-7-16(22)8-6-15/h3-9,18-19H,10-12H2,1-2H3/t18-,19-/m1/s1. The van der Waals surface area contributed by atoms with Crippen molar-refractivity contribution in [1.82, 2.24) is 0 Å². The Labute approximate surface area is 173 Å². The molecule has 0 saturated carbocycles. The Hall–Kier alpha value is -2.19. The molecule has 2 fully saturated rings. The molecule has 2 aromatic rings. The zero-order valence-electron chi connectivity index (χ0n) is 16.1. The van der Waals surface area contributed by atoms with E-state index in [2.05, 4.69) is 4.99 Å². The number of rotatable bonds is 3. The van der Waals surface area contributed by atoms with Crippen LogP contribution < -0.4 is 4.90 Å². The lowest BCUT2D eigenvalue weighted by molar-refractivity contribution is -0.117. The summed E-state index contributed by atoms with van der Waals surface area (Å²) in [6.07, 6.45) is 0.0681. The molecule has 4 rings (SSSR count). The van der Waals surface area contributed by atoms with Crippen LogP contribution in [-0.4, -0.2) is 42.3 Å². The van der Waals surface area contributed by atoms with E-state index >= 15 is 0 Å². The predicted molar refractivity (Wildman–Crippen MR) is 115 cm³/mol. The van der Waals surface area contributed by atoms with Gasteiger partial charge in [0.05, 0.1) is 24.0 Å². The molecule has 8 heteroatoms. The van der Waals surface area contributed by atoms with Crippen LogP contribution in [0.15, 0.2) is 47.5 Å². The van der Waals surface area contributed by atoms with Crippen LogP contribution >= 0.6 is 11.8 Å². The number of hydrogen-bond acceptors (Lipinski definition) is 4. The number of hydrogen-bond donors (Lipinski definition) is 0. The van der Waals surface area contributed by atoms with Crippen molar-refractivity contribution in [1.29, 1.82) is 0 Å². The van der Waals surface area contributed by atoms with Gasteiger partial charge in [-0.05, 0) is 48.7 Å². The number of nitrogens with zero attached hydrogens (tertiary/aromatic N) is 2. The summed E-state index contributed by atoms with van der Waals surface area (Å²) in [6, 6.07) is 11.5. The second-order valence-corrected chi connectivity index (χ2v) is 10.9. The molecule has 1 amide bonds. The number of halogens is 1. The molecule has 0 N–H and O–H groups in total. The highest BCUT2D eigenvalue weighted by Crippen LogP contribution is 2.42. The zero-order chi connectivity index (χ0) is 20.8. The van der Waals surface area contributed by atoms with Crippen LogP contribution in [0.2, 0.25) is 0 Å². The Morgan fingerprint density at radius 2 is 1.90 bits per heavy atom. The maximum absolute atomic E-state index is 13.1. The summed E-state index contributed by atoms with van der Waals surface area (Å²) >= 11 is 1.36. The van der Waals surface area contributed by atoms with Crippen molar-refractivity contribution in [2.75, 3.05) is 16.4 Å². The summed E-state index contributed by atoms with van der Waals surface area (Å²) < 4.78 is 37.5. The first-order valence-corrected chi connectivity index (χ1v) is 12.0. The number of aliphatic imine (C=N–C) groups is 1. The van der Waals surface area contributed by atoms with E-state index in [1.54, 1.807) is 12.1 Å². The molecule has 0 radical (unpaired) electrons. The van der Waals surface area contributed by atoms with Crippen LogP contribution in [0.5, 0.6) is 0 Å². The fraction of sp³-hybridized carbons (Fsp3) is 0.333. The number of anilines is 1. The number of carbonyl (C=O) groups excluding carboxylic acids is 1. The van der Waals surface area contributed by atoms with Crippen molar-refractivity contribution in [3.8, 4) is 0 Å². The molecule has 0 bridgehead atoms. The number of sulfone groups is 1. The molecule has 5 nitrogen and oxygen atoms in total. The number of amidine groups is 1. The first-order chi connectivity index (χ1) is 13.7. The third-order valence-corrected chi connectivity index (χ3v) is 8.39. The summed E-state index contributed by atoms with van der Waals surface area (Å²) in [4.78, 5) is 18.8. The Morgan fingerprint density at radius 1 is 1.17 bits per heavy atom. The van der Waals surface area contributed by atoms with E-state index in [9.17, 15) is 17.6 Å². The number of amides is 1. The molecule has 0 unspecified atom stereocenters. The molecular formula is C21H21FN2O3S2. The molecule has 0 aliphatic carbocycles. The highest BCUT2D eigenvalue weighted by Gasteiger charge is 2.49. The van der Waals surface area contributed by atoms with Crippen LogP contribution in [0.4, 0.5) is 10.1 Å². The minimum atomic E-state index is -3.11. The van der Waals surface area contributed by atoms with Gasteiger partial charge < -0.3 is 4.90 Å². The van der Waals surface area contributed by atoms with E-state index in [1.165, 1.54) is 23.9 Å². The number of carbonyl (C=O) groups is 1. The van der Waals surface area contributed by atoms with Gasteiger partial charge >= 0.3 is 0 Å². The van der Waals surface area contributed by atoms with Gasteiger partial charge in [0.1, 0.15) is 5.82 Å². The van der Waals surface area contributed by atoms with Gasteiger partial charge in [0.2, 0.25) is 0 Å². The maximum Gasteiger partial charge on any atom is 0.252 e. The lowest BCUT2D eigenvalue weighted by Gasteiger charge is -2.26. The summed E-state index contributed by atoms with van der Waals surface area (Å²) in [7, 11) is -3.11. The topological polar surface area (TPSA) is 66.8 Å². The van der Waals surface area contributed by atoms with Crippen molar-refractivity contribution in [2.24, 2.45) is 4.99 Å². The first kappa shape index (κ1) is 20.1. The lowest BCUT2D eigenvalue weighted by atomic mass is 10.1. The van der Waals surface area contributed by atoms with Crippen molar-refractivity contribution in [2.45, 2.75) is 31.6 Å². The zero-order valence-corrected chi connectivity index (χ0v) is 17.8. The van der Waals surface area contributed by atoms with Gasteiger partial charge in [-0.3, -0.25) is 4.79 Å². The van der Waals surface area contributed by atoms with E-state index in [-0.39, 0.29) is 40.9 Å². The largest absolute Gasteiger partial charge is 0.315 e. The van der Waals surface area contributed by atoms with Crippen molar-refractivity contribution < 1.29 is 17.6 Å². The van der Waals surface area contributed by atoms with Crippen LogP contribution in [0.3, 0.4) is 0 Å². The van der Waals surface area contributed by atoms with Gasteiger partial charge in [0.25, 0.3) is 5.91 Å². The Morgan fingerprint density at radius 3 is 2.62 bits per heavy atom. The molecular weight excluding hydrogens is 411 g/mol. The van der Waals surface area contributed by atoms with E-state index in [4.69, 9.17) is 0 Å². The fourth-order valence-corrected chi connectivity index (χ4v) is 7.67. The summed E-state index contributed by atoms with van der Waals surface area (Å²) in [6.45, 7) is 3.94. The second-order valence-electron chi connectivity index (χ2n) is 7.55. The number of aryl methyl sites for hydroxylation is 2. The lowest BCUT2D eigenvalue weighted by Crippen LogP contribution is -2.38. The SMILES string of the molecule is Cc1ccc(C)c(N2C(=NC(=O)Cc3ccc(F)cc3)S[C@@H]3CS(=O)(=O)C[C@H]32)c1. The summed E-state index contributed by atoms with van der Waals surface area (Å²) in [5.74, 6) is -0.538. The average molecular weight is 433 g/mol. The van der Waals surface area contributed by atoms with Crippen LogP contribution in [0, 0.1) is 19.7 Å². The Kier molecular flexibility index (Phi) is 5.25. The molecule has 2 atom stereocenters. The molecule has 2 heterocycles. The highest BCUT2D eigenvalue weighted by atomic mass is 32.2. The monoisotopic (exact) mass is 432 g/mol. The van der Waals surface area contributed by atoms with E-state index in [1.807, 2.05) is 36.9 Å². The molecule has 2 aliphatic rings. The Balaban J connectivity index is 1.67. The summed E-state index contributed by atoms with van der Waals surface area (Å²) in [5.41, 5.74) is 3.62. The van der Waals surface area contributed by atoms with E-state index in [0.717, 1.165) is 16.8 Å². The minimum absolute atomic E-state index is 0.0588. The molecule has 2 aromatic carbocycles. The fourth-order valence-electron chi connectivity index (χ4n) is 3.75. The van der Waals surface area contributed by atoms with Crippen molar-refractivity contribution in [3.05, 3.63) is 65.0 Å². The van der Waals surface area contributed by atoms with Gasteiger partial charge in [-0.2, -0.15) is 4.99 Å². The molecule has 0 aromatic heterocycles. The van der Waals surface area contributed by atoms with Crippen LogP contribution in [0.25, 0.3) is 0 Å².